The SMILES string of the molecule is O=C(Cc1ccncc1)c1sccc1Br. The van der Waals surface area contributed by atoms with Crippen molar-refractivity contribution in [1.82, 2.24) is 4.98 Å². The largest absolute Gasteiger partial charge is 0.293 e. The zero-order valence-electron chi connectivity index (χ0n) is 7.81. The molecule has 0 unspecified atom stereocenters. The molecule has 0 amide bonds. The Morgan fingerprint density at radius 2 is 2.07 bits per heavy atom. The number of carbonyl (C=O) groups excluding carboxylic acids is 1. The predicted octanol–water partition coefficient (Wildman–Crippen LogP) is 3.33. The second-order valence-corrected chi connectivity index (χ2v) is 4.82. The van der Waals surface area contributed by atoms with Crippen molar-refractivity contribution in [2.45, 2.75) is 6.42 Å². The zero-order valence-corrected chi connectivity index (χ0v) is 10.2. The molecule has 0 saturated heterocycles. The van der Waals surface area contributed by atoms with E-state index in [-0.39, 0.29) is 5.78 Å². The molecule has 0 fully saturated rings. The monoisotopic (exact) mass is 281 g/mol. The second-order valence-electron chi connectivity index (χ2n) is 3.05. The van der Waals surface area contributed by atoms with Crippen LogP contribution in [0.25, 0.3) is 0 Å². The highest BCUT2D eigenvalue weighted by Crippen LogP contribution is 2.24. The van der Waals surface area contributed by atoms with Crippen LogP contribution in [0.5, 0.6) is 0 Å². The van der Waals surface area contributed by atoms with Gasteiger partial charge in [-0.1, -0.05) is 0 Å². The number of pyridine rings is 1. The molecule has 0 aliphatic carbocycles. The molecule has 0 bridgehead atoms. The maximum absolute atomic E-state index is 11.9. The van der Waals surface area contributed by atoms with E-state index in [1.807, 2.05) is 23.6 Å². The Hall–Kier alpha value is -1.00. The number of hydrogen-bond donors (Lipinski definition) is 0. The number of thiophene rings is 1. The first-order chi connectivity index (χ1) is 7.27. The van der Waals surface area contributed by atoms with Gasteiger partial charge in [0, 0.05) is 23.3 Å². The summed E-state index contributed by atoms with van der Waals surface area (Å²) in [5, 5.41) is 1.91. The van der Waals surface area contributed by atoms with E-state index < -0.39 is 0 Å². The first-order valence-corrected chi connectivity index (χ1v) is 6.10. The van der Waals surface area contributed by atoms with E-state index in [2.05, 4.69) is 20.9 Å². The molecule has 0 aromatic carbocycles. The van der Waals surface area contributed by atoms with Gasteiger partial charge in [-0.05, 0) is 45.1 Å². The van der Waals surface area contributed by atoms with Crippen LogP contribution in [0.15, 0.2) is 40.4 Å². The Morgan fingerprint density at radius 3 is 2.67 bits per heavy atom. The Kier molecular flexibility index (Phi) is 3.28. The number of rotatable bonds is 3. The van der Waals surface area contributed by atoms with Gasteiger partial charge in [0.1, 0.15) is 0 Å². The van der Waals surface area contributed by atoms with Gasteiger partial charge in [0.05, 0.1) is 4.88 Å². The molecule has 0 N–H and O–H groups in total. The fourth-order valence-electron chi connectivity index (χ4n) is 1.26. The number of Topliss-reactive ketones (excluding diaryl/α,β-unsaturated/α-hetero) is 1. The van der Waals surface area contributed by atoms with Gasteiger partial charge in [-0.15, -0.1) is 11.3 Å². The fraction of sp³-hybridized carbons (Fsp3) is 0.0909. The van der Waals surface area contributed by atoms with Crippen molar-refractivity contribution < 1.29 is 4.79 Å². The Bertz CT molecular complexity index is 466. The first-order valence-electron chi connectivity index (χ1n) is 4.42. The summed E-state index contributed by atoms with van der Waals surface area (Å²) in [5.41, 5.74) is 0.996. The molecule has 2 aromatic heterocycles. The fourth-order valence-corrected chi connectivity index (χ4v) is 2.79. The Balaban J connectivity index is 2.15. The van der Waals surface area contributed by atoms with Gasteiger partial charge >= 0.3 is 0 Å². The topological polar surface area (TPSA) is 30.0 Å². The third kappa shape index (κ3) is 2.52. The molecule has 0 saturated carbocycles. The highest BCUT2D eigenvalue weighted by Gasteiger charge is 2.11. The van der Waals surface area contributed by atoms with Crippen LogP contribution in [0.4, 0.5) is 0 Å². The maximum atomic E-state index is 11.9. The minimum Gasteiger partial charge on any atom is -0.293 e. The zero-order chi connectivity index (χ0) is 10.7. The van der Waals surface area contributed by atoms with E-state index >= 15 is 0 Å². The molecule has 0 aliphatic heterocycles. The normalized spacial score (nSPS) is 10.2. The lowest BCUT2D eigenvalue weighted by Gasteiger charge is -1.98. The molecule has 0 aliphatic rings. The van der Waals surface area contributed by atoms with Crippen molar-refractivity contribution in [1.29, 1.82) is 0 Å². The summed E-state index contributed by atoms with van der Waals surface area (Å²) < 4.78 is 0.881. The number of halogens is 1. The maximum Gasteiger partial charge on any atom is 0.178 e. The number of hydrogen-bond acceptors (Lipinski definition) is 3. The molecule has 4 heteroatoms. The van der Waals surface area contributed by atoms with Crippen molar-refractivity contribution in [2.24, 2.45) is 0 Å². The van der Waals surface area contributed by atoms with E-state index in [1.165, 1.54) is 11.3 Å². The van der Waals surface area contributed by atoms with Crippen LogP contribution in [-0.4, -0.2) is 10.8 Å². The van der Waals surface area contributed by atoms with Crippen LogP contribution in [0.1, 0.15) is 15.2 Å². The summed E-state index contributed by atoms with van der Waals surface area (Å²) >= 11 is 4.82. The summed E-state index contributed by atoms with van der Waals surface area (Å²) in [6, 6.07) is 5.61. The molecular formula is C11H8BrNOS. The average Bonchev–Trinajstić information content (AvgIpc) is 2.66. The Morgan fingerprint density at radius 1 is 1.33 bits per heavy atom. The average molecular weight is 282 g/mol. The number of aromatic nitrogens is 1. The molecule has 2 nitrogen and oxygen atoms in total. The van der Waals surface area contributed by atoms with E-state index in [0.29, 0.717) is 6.42 Å². The molecule has 0 spiro atoms. The van der Waals surface area contributed by atoms with Crippen molar-refractivity contribution in [3.05, 3.63) is 50.9 Å². The Labute approximate surface area is 100 Å². The van der Waals surface area contributed by atoms with Crippen molar-refractivity contribution in [3.8, 4) is 0 Å². The minimum absolute atomic E-state index is 0.142. The molecule has 2 rings (SSSR count). The minimum atomic E-state index is 0.142. The number of ketones is 1. The highest BCUT2D eigenvalue weighted by molar-refractivity contribution is 9.10. The van der Waals surface area contributed by atoms with Gasteiger partial charge in [0.2, 0.25) is 0 Å². The first kappa shape index (κ1) is 10.5. The third-order valence-electron chi connectivity index (χ3n) is 1.98. The van der Waals surface area contributed by atoms with E-state index in [0.717, 1.165) is 14.9 Å². The molecule has 76 valence electrons. The van der Waals surface area contributed by atoms with Gasteiger partial charge in [0.25, 0.3) is 0 Å². The summed E-state index contributed by atoms with van der Waals surface area (Å²) in [4.78, 5) is 16.6. The van der Waals surface area contributed by atoms with Gasteiger partial charge in [-0.25, -0.2) is 0 Å². The van der Waals surface area contributed by atoms with Crippen LogP contribution in [0, 0.1) is 0 Å². The predicted molar refractivity (Wildman–Crippen MR) is 64.3 cm³/mol. The van der Waals surface area contributed by atoms with Crippen molar-refractivity contribution >= 4 is 33.0 Å². The van der Waals surface area contributed by atoms with Gasteiger partial charge in [-0.2, -0.15) is 0 Å². The van der Waals surface area contributed by atoms with E-state index in [1.54, 1.807) is 12.4 Å². The molecule has 2 aromatic rings. The van der Waals surface area contributed by atoms with Crippen LogP contribution in [0.2, 0.25) is 0 Å². The quantitative estimate of drug-likeness (QED) is 0.808. The van der Waals surface area contributed by atoms with Crippen LogP contribution >= 0.6 is 27.3 Å². The molecule has 0 atom stereocenters. The van der Waals surface area contributed by atoms with Crippen LogP contribution in [0.3, 0.4) is 0 Å². The van der Waals surface area contributed by atoms with Crippen LogP contribution in [-0.2, 0) is 6.42 Å². The highest BCUT2D eigenvalue weighted by atomic mass is 79.9. The third-order valence-corrected chi connectivity index (χ3v) is 3.86. The smallest absolute Gasteiger partial charge is 0.178 e. The summed E-state index contributed by atoms with van der Waals surface area (Å²) in [6.45, 7) is 0. The lowest BCUT2D eigenvalue weighted by Crippen LogP contribution is -2.01. The molecular weight excluding hydrogens is 274 g/mol. The van der Waals surface area contributed by atoms with Crippen LogP contribution < -0.4 is 0 Å². The van der Waals surface area contributed by atoms with Gasteiger partial charge in [-0.3, -0.25) is 9.78 Å². The van der Waals surface area contributed by atoms with E-state index in [9.17, 15) is 4.79 Å². The number of nitrogens with zero attached hydrogens (tertiary/aromatic N) is 1. The molecule has 15 heavy (non-hydrogen) atoms. The standard InChI is InChI=1S/C11H8BrNOS/c12-9-3-6-15-11(9)10(14)7-8-1-4-13-5-2-8/h1-6H,7H2. The summed E-state index contributed by atoms with van der Waals surface area (Å²) in [6.07, 6.45) is 3.83. The van der Waals surface area contributed by atoms with E-state index in [4.69, 9.17) is 0 Å². The lowest BCUT2D eigenvalue weighted by molar-refractivity contribution is 0.0996. The summed E-state index contributed by atoms with van der Waals surface area (Å²) in [5.74, 6) is 0.142. The van der Waals surface area contributed by atoms with Gasteiger partial charge < -0.3 is 0 Å². The molecule has 0 radical (unpaired) electrons. The second kappa shape index (κ2) is 4.68. The lowest BCUT2D eigenvalue weighted by atomic mass is 10.1. The van der Waals surface area contributed by atoms with Gasteiger partial charge in [0.15, 0.2) is 5.78 Å². The molecule has 2 heterocycles. The number of carbonyl (C=O) groups is 1. The summed E-state index contributed by atoms with van der Waals surface area (Å²) in [7, 11) is 0. The van der Waals surface area contributed by atoms with Crippen molar-refractivity contribution in [2.75, 3.05) is 0 Å². The van der Waals surface area contributed by atoms with Crippen molar-refractivity contribution in [3.63, 3.8) is 0 Å².